The monoisotopic (exact) mass is 400 g/mol. The number of hydrogen-bond donors (Lipinski definition) is 0. The van der Waals surface area contributed by atoms with Crippen molar-refractivity contribution in [3.05, 3.63) is 12.2 Å². The van der Waals surface area contributed by atoms with Crippen LogP contribution in [0.5, 0.6) is 0 Å². The first-order valence-corrected chi connectivity index (χ1v) is 15.4. The fourth-order valence-electron chi connectivity index (χ4n) is 2.36. The Morgan fingerprint density at radius 1 is 1.04 bits per heavy atom. The molecule has 2 atom stereocenters. The van der Waals surface area contributed by atoms with E-state index < -0.39 is 22.2 Å². The molecule has 0 unspecified atom stereocenters. The van der Waals surface area contributed by atoms with Crippen molar-refractivity contribution in [1.82, 2.24) is 0 Å². The third kappa shape index (κ3) is 5.30. The van der Waals surface area contributed by atoms with Gasteiger partial charge in [-0.25, -0.2) is 0 Å². The summed E-state index contributed by atoms with van der Waals surface area (Å²) in [4.78, 5) is 12.1. The van der Waals surface area contributed by atoms with E-state index in [9.17, 15) is 4.79 Å². The molecule has 0 spiro atoms. The second-order valence-electron chi connectivity index (χ2n) is 10.6. The minimum Gasteiger partial charge on any atom is -0.469 e. The van der Waals surface area contributed by atoms with Crippen LogP contribution in [-0.4, -0.2) is 41.9 Å². The molecule has 4 nitrogen and oxygen atoms in total. The van der Waals surface area contributed by atoms with E-state index >= 15 is 0 Å². The van der Waals surface area contributed by atoms with Crippen molar-refractivity contribution >= 4 is 22.6 Å². The molecule has 0 aromatic rings. The number of methoxy groups -OCH3 is 1. The van der Waals surface area contributed by atoms with Gasteiger partial charge in [0.25, 0.3) is 0 Å². The smallest absolute Gasteiger partial charge is 0.312 e. The first-order valence-electron chi connectivity index (χ1n) is 9.59. The normalized spacial score (nSPS) is 24.8. The molecule has 1 aliphatic rings. The van der Waals surface area contributed by atoms with E-state index in [0.29, 0.717) is 13.0 Å². The van der Waals surface area contributed by atoms with E-state index in [0.717, 1.165) is 0 Å². The maximum Gasteiger partial charge on any atom is 0.312 e. The Hall–Kier alpha value is -0.436. The highest BCUT2D eigenvalue weighted by Gasteiger charge is 2.62. The van der Waals surface area contributed by atoms with Crippen LogP contribution < -0.4 is 0 Å². The Kier molecular flexibility index (Phi) is 6.83. The zero-order chi connectivity index (χ0) is 20.6. The third-order valence-corrected chi connectivity index (χ3v) is 15.4. The lowest BCUT2D eigenvalue weighted by Crippen LogP contribution is -2.45. The predicted molar refractivity (Wildman–Crippen MR) is 113 cm³/mol. The van der Waals surface area contributed by atoms with Crippen LogP contribution in [0, 0.1) is 5.92 Å². The average molecular weight is 401 g/mol. The fraction of sp³-hybridized carbons (Fsp3) is 0.850. The number of rotatable bonds is 7. The molecule has 1 fully saturated rings. The van der Waals surface area contributed by atoms with Gasteiger partial charge in [0.1, 0.15) is 0 Å². The summed E-state index contributed by atoms with van der Waals surface area (Å²) in [5.41, 5.74) is -0.521. The van der Waals surface area contributed by atoms with E-state index in [2.05, 4.69) is 73.8 Å². The Morgan fingerprint density at radius 2 is 1.54 bits per heavy atom. The first-order chi connectivity index (χ1) is 11.5. The summed E-state index contributed by atoms with van der Waals surface area (Å²) in [6.45, 7) is 22.9. The van der Waals surface area contributed by atoms with Gasteiger partial charge < -0.3 is 13.6 Å². The molecule has 0 bridgehead atoms. The van der Waals surface area contributed by atoms with Crippen LogP contribution in [0.1, 0.15) is 48.0 Å². The minimum absolute atomic E-state index is 0.0920. The lowest BCUT2D eigenvalue weighted by molar-refractivity contribution is -0.143. The van der Waals surface area contributed by atoms with Gasteiger partial charge in [-0.15, -0.1) is 0 Å². The Morgan fingerprint density at radius 3 is 1.96 bits per heavy atom. The molecule has 26 heavy (non-hydrogen) atoms. The number of carbonyl (C=O) groups is 1. The first kappa shape index (κ1) is 23.6. The maximum atomic E-state index is 12.1. The highest BCUT2D eigenvalue weighted by Crippen LogP contribution is 2.53. The molecule has 1 rings (SSSR count). The molecule has 1 aliphatic carbocycles. The topological polar surface area (TPSA) is 44.8 Å². The summed E-state index contributed by atoms with van der Waals surface area (Å²) in [6.07, 6.45) is 4.79. The van der Waals surface area contributed by atoms with E-state index in [1.54, 1.807) is 0 Å². The molecule has 0 amide bonds. The second kappa shape index (κ2) is 7.53. The van der Waals surface area contributed by atoms with Crippen LogP contribution in [-0.2, 0) is 18.4 Å². The molecule has 0 heterocycles. The van der Waals surface area contributed by atoms with Crippen LogP contribution >= 0.6 is 0 Å². The lowest BCUT2D eigenvalue weighted by Gasteiger charge is -2.39. The zero-order valence-electron chi connectivity index (χ0n) is 18.8. The number of hydrogen-bond acceptors (Lipinski definition) is 4. The highest BCUT2D eigenvalue weighted by atomic mass is 28.4. The standard InChI is InChI=1S/C20H40O4Si2/c1-18(2,3)25(8,9)23-14-12-13-20(15-16(20)17(21)22-7)24-26(10,11)19(4,5)6/h12-13,16H,14-15H2,1-11H3/b13-12+/t16-,20-/m1/s1. The Bertz CT molecular complexity index is 541. The van der Waals surface area contributed by atoms with Crippen LogP contribution in [0.3, 0.4) is 0 Å². The summed E-state index contributed by atoms with van der Waals surface area (Å²) in [6, 6.07) is 0. The summed E-state index contributed by atoms with van der Waals surface area (Å²) < 4.78 is 17.8. The quantitative estimate of drug-likeness (QED) is 0.321. The number of carbonyl (C=O) groups excluding carboxylic acids is 1. The molecule has 152 valence electrons. The van der Waals surface area contributed by atoms with Crippen LogP contribution in [0.25, 0.3) is 0 Å². The summed E-state index contributed by atoms with van der Waals surface area (Å²) >= 11 is 0. The average Bonchev–Trinajstić information content (AvgIpc) is 3.14. The van der Waals surface area contributed by atoms with Crippen LogP contribution in [0.15, 0.2) is 12.2 Å². The van der Waals surface area contributed by atoms with E-state index in [1.165, 1.54) is 7.11 Å². The Labute approximate surface area is 162 Å². The van der Waals surface area contributed by atoms with Gasteiger partial charge in [-0.2, -0.15) is 0 Å². The van der Waals surface area contributed by atoms with E-state index in [4.69, 9.17) is 13.6 Å². The fourth-order valence-corrected chi connectivity index (χ4v) is 4.86. The molecule has 6 heteroatoms. The molecule has 0 aromatic heterocycles. The van der Waals surface area contributed by atoms with Crippen molar-refractivity contribution in [3.8, 4) is 0 Å². The van der Waals surface area contributed by atoms with Crippen molar-refractivity contribution in [2.75, 3.05) is 13.7 Å². The molecular weight excluding hydrogens is 360 g/mol. The maximum absolute atomic E-state index is 12.1. The second-order valence-corrected chi connectivity index (χ2v) is 20.1. The summed E-state index contributed by atoms with van der Waals surface area (Å²) in [7, 11) is -2.33. The summed E-state index contributed by atoms with van der Waals surface area (Å²) in [5, 5.41) is 0.277. The van der Waals surface area contributed by atoms with Crippen LogP contribution in [0.2, 0.25) is 36.3 Å². The van der Waals surface area contributed by atoms with Gasteiger partial charge in [-0.3, -0.25) is 4.79 Å². The molecule has 0 saturated heterocycles. The van der Waals surface area contributed by atoms with E-state index in [1.807, 2.05) is 6.08 Å². The van der Waals surface area contributed by atoms with Crippen LogP contribution in [0.4, 0.5) is 0 Å². The SMILES string of the molecule is COC(=O)[C@H]1C[C@@]1(/C=C/CO[Si](C)(C)C(C)(C)C)O[Si](C)(C)C(C)(C)C. The van der Waals surface area contributed by atoms with Gasteiger partial charge >= 0.3 is 5.97 Å². The highest BCUT2D eigenvalue weighted by molar-refractivity contribution is 6.74. The number of esters is 1. The predicted octanol–water partition coefficient (Wildman–Crippen LogP) is 5.52. The molecular formula is C20H40O4Si2. The van der Waals surface area contributed by atoms with Gasteiger partial charge in [0, 0.05) is 0 Å². The van der Waals surface area contributed by atoms with Gasteiger partial charge in [0.2, 0.25) is 0 Å². The Balaban J connectivity index is 2.89. The van der Waals surface area contributed by atoms with E-state index in [-0.39, 0.29) is 22.0 Å². The van der Waals surface area contributed by atoms with Gasteiger partial charge in [0.15, 0.2) is 16.6 Å². The van der Waals surface area contributed by atoms with Gasteiger partial charge in [-0.05, 0) is 42.7 Å². The molecule has 0 radical (unpaired) electrons. The third-order valence-electron chi connectivity index (χ3n) is 6.44. The molecule has 0 aromatic carbocycles. The summed E-state index contributed by atoms with van der Waals surface area (Å²) in [5.74, 6) is -0.385. The lowest BCUT2D eigenvalue weighted by atomic mass is 10.2. The minimum atomic E-state index is -2.00. The van der Waals surface area contributed by atoms with Gasteiger partial charge in [-0.1, -0.05) is 53.7 Å². The number of ether oxygens (including phenoxy) is 1. The van der Waals surface area contributed by atoms with Crippen molar-refractivity contribution in [1.29, 1.82) is 0 Å². The molecule has 0 aliphatic heterocycles. The zero-order valence-corrected chi connectivity index (χ0v) is 20.8. The van der Waals surface area contributed by atoms with Crippen molar-refractivity contribution in [2.24, 2.45) is 5.92 Å². The largest absolute Gasteiger partial charge is 0.469 e. The molecule has 0 N–H and O–H groups in total. The van der Waals surface area contributed by atoms with Crippen molar-refractivity contribution < 1.29 is 18.4 Å². The molecule has 1 saturated carbocycles. The van der Waals surface area contributed by atoms with Gasteiger partial charge in [0.05, 0.1) is 25.2 Å². The van der Waals surface area contributed by atoms with Crippen molar-refractivity contribution in [2.45, 2.75) is 89.8 Å². The van der Waals surface area contributed by atoms with Crippen molar-refractivity contribution in [3.63, 3.8) is 0 Å².